The molecule has 0 aliphatic heterocycles. The second kappa shape index (κ2) is 35.0. The van der Waals surface area contributed by atoms with E-state index in [-0.39, 0.29) is 32.3 Å². The van der Waals surface area contributed by atoms with E-state index in [2.05, 4.69) is 50.3 Å². The van der Waals surface area contributed by atoms with Gasteiger partial charge in [-0.2, -0.15) is 0 Å². The van der Waals surface area contributed by atoms with Crippen molar-refractivity contribution in [2.45, 2.75) is 161 Å². The van der Waals surface area contributed by atoms with Crippen LogP contribution >= 0.6 is 7.82 Å². The summed E-state index contributed by atoms with van der Waals surface area (Å²) in [6.07, 6.45) is 37.4. The fourth-order valence-electron chi connectivity index (χ4n) is 4.82. The monoisotopic (exact) mass is 671 g/mol. The number of esters is 1. The number of phosphoric acid groups is 1. The molecule has 0 saturated carbocycles. The fraction of sp³-hybridized carbons (Fsp3) is 0.811. The van der Waals surface area contributed by atoms with E-state index >= 15 is 0 Å². The Balaban J connectivity index is 4.00. The summed E-state index contributed by atoms with van der Waals surface area (Å²) in [6, 6.07) is 0. The van der Waals surface area contributed by atoms with Crippen molar-refractivity contribution in [1.82, 2.24) is 0 Å². The Kier molecular flexibility index (Phi) is 34.1. The molecule has 0 aliphatic carbocycles. The Morgan fingerprint density at radius 2 is 1.15 bits per heavy atom. The fourth-order valence-corrected chi connectivity index (χ4v) is 5.59. The van der Waals surface area contributed by atoms with Gasteiger partial charge in [-0.15, -0.1) is 0 Å². The van der Waals surface area contributed by atoms with Crippen LogP contribution in [0.1, 0.15) is 155 Å². The molecule has 0 amide bonds. The van der Waals surface area contributed by atoms with E-state index < -0.39 is 13.9 Å². The molecule has 0 aromatic rings. The van der Waals surface area contributed by atoms with Crippen molar-refractivity contribution in [3.63, 3.8) is 0 Å². The molecule has 46 heavy (non-hydrogen) atoms. The topological polar surface area (TPSA) is 117 Å². The van der Waals surface area contributed by atoms with Crippen molar-refractivity contribution >= 4 is 13.8 Å². The molecule has 0 radical (unpaired) electrons. The first-order valence-corrected chi connectivity index (χ1v) is 20.0. The van der Waals surface area contributed by atoms with Gasteiger partial charge in [0, 0.05) is 19.6 Å². The van der Waals surface area contributed by atoms with Gasteiger partial charge < -0.3 is 20.1 Å². The molecule has 2 unspecified atom stereocenters. The minimum absolute atomic E-state index is 0.0976. The van der Waals surface area contributed by atoms with Crippen LogP contribution in [-0.2, 0) is 27.9 Å². The normalized spacial score (nSPS) is 14.1. The minimum Gasteiger partial charge on any atom is -0.457 e. The summed E-state index contributed by atoms with van der Waals surface area (Å²) in [5.41, 5.74) is 5.33. The van der Waals surface area contributed by atoms with Crippen molar-refractivity contribution in [2.24, 2.45) is 5.73 Å². The summed E-state index contributed by atoms with van der Waals surface area (Å²) < 4.78 is 33.1. The van der Waals surface area contributed by atoms with Crippen molar-refractivity contribution < 1.29 is 32.8 Å². The molecule has 0 aliphatic rings. The first kappa shape index (κ1) is 44.7. The van der Waals surface area contributed by atoms with Crippen LogP contribution in [0.3, 0.4) is 0 Å². The summed E-state index contributed by atoms with van der Waals surface area (Å²) in [5.74, 6) is -0.342. The predicted octanol–water partition coefficient (Wildman–Crippen LogP) is 10.3. The van der Waals surface area contributed by atoms with Crippen molar-refractivity contribution in [3.8, 4) is 0 Å². The van der Waals surface area contributed by atoms with E-state index in [1.807, 2.05) is 0 Å². The number of phosphoric ester groups is 1. The Morgan fingerprint density at radius 3 is 1.76 bits per heavy atom. The highest BCUT2D eigenvalue weighted by Gasteiger charge is 2.25. The third kappa shape index (κ3) is 34.1. The van der Waals surface area contributed by atoms with Crippen LogP contribution in [0.5, 0.6) is 0 Å². The quantitative estimate of drug-likeness (QED) is 0.0296. The average molecular weight is 672 g/mol. The predicted molar refractivity (Wildman–Crippen MR) is 192 cm³/mol. The highest BCUT2D eigenvalue weighted by molar-refractivity contribution is 7.47. The first-order valence-electron chi connectivity index (χ1n) is 18.5. The zero-order valence-electron chi connectivity index (χ0n) is 29.6. The van der Waals surface area contributed by atoms with E-state index in [0.29, 0.717) is 13.0 Å². The van der Waals surface area contributed by atoms with Crippen molar-refractivity contribution in [2.75, 3.05) is 33.0 Å². The second-order valence-electron chi connectivity index (χ2n) is 12.1. The van der Waals surface area contributed by atoms with Gasteiger partial charge >= 0.3 is 13.8 Å². The van der Waals surface area contributed by atoms with Gasteiger partial charge in [0.05, 0.1) is 19.8 Å². The minimum atomic E-state index is -4.26. The zero-order chi connectivity index (χ0) is 33.8. The Hall–Kier alpha value is -1.28. The van der Waals surface area contributed by atoms with Crippen LogP contribution in [0.25, 0.3) is 0 Å². The second-order valence-corrected chi connectivity index (χ2v) is 13.5. The van der Waals surface area contributed by atoms with Gasteiger partial charge in [-0.25, -0.2) is 4.57 Å². The van der Waals surface area contributed by atoms with Gasteiger partial charge in [-0.1, -0.05) is 134 Å². The largest absolute Gasteiger partial charge is 0.472 e. The Morgan fingerprint density at radius 1 is 0.652 bits per heavy atom. The molecule has 3 N–H and O–H groups in total. The lowest BCUT2D eigenvalue weighted by Gasteiger charge is -2.20. The molecule has 0 aromatic carbocycles. The van der Waals surface area contributed by atoms with Gasteiger partial charge in [0.2, 0.25) is 0 Å². The van der Waals surface area contributed by atoms with Crippen LogP contribution in [0.2, 0.25) is 0 Å². The standard InChI is InChI=1S/C37H70NO7P/c1-3-5-7-9-11-12-13-14-15-16-17-18-19-20-21-22-23-25-27-29-32-42-34-36(35-44-46(40,41)43-33-31-38)45-37(39)30-28-26-24-10-8-6-4-2/h11-12,14-15,17-18,36H,3-10,13,16,19-35,38H2,1-2H3,(H,40,41)/b12-11-,15-14-,18-17-. The number of ether oxygens (including phenoxy) is 2. The van der Waals surface area contributed by atoms with Crippen LogP contribution < -0.4 is 5.73 Å². The number of unbranched alkanes of at least 4 members (excludes halogenated alkanes) is 16. The lowest BCUT2D eigenvalue weighted by atomic mass is 10.1. The maximum absolute atomic E-state index is 12.4. The van der Waals surface area contributed by atoms with Crippen LogP contribution in [0.4, 0.5) is 0 Å². The smallest absolute Gasteiger partial charge is 0.457 e. The number of rotatable bonds is 35. The Bertz CT molecular complexity index is 803. The van der Waals surface area contributed by atoms with Crippen LogP contribution in [0, 0.1) is 0 Å². The third-order valence-electron chi connectivity index (χ3n) is 7.56. The number of nitrogens with two attached hydrogens (primary N) is 1. The Labute approximate surface area is 282 Å². The number of hydrogen-bond acceptors (Lipinski definition) is 7. The number of carbonyl (C=O) groups excluding carboxylic acids is 1. The van der Waals surface area contributed by atoms with Crippen molar-refractivity contribution in [3.05, 3.63) is 36.5 Å². The van der Waals surface area contributed by atoms with Gasteiger partial charge in [-0.3, -0.25) is 13.8 Å². The lowest BCUT2D eigenvalue weighted by Crippen LogP contribution is -2.28. The number of hydrogen-bond donors (Lipinski definition) is 2. The van der Waals surface area contributed by atoms with E-state index in [1.54, 1.807) is 0 Å². The summed E-state index contributed by atoms with van der Waals surface area (Å²) in [5, 5.41) is 0. The molecule has 0 heterocycles. The van der Waals surface area contributed by atoms with E-state index in [1.165, 1.54) is 83.5 Å². The zero-order valence-corrected chi connectivity index (χ0v) is 30.4. The molecule has 0 bridgehead atoms. The van der Waals surface area contributed by atoms with Crippen molar-refractivity contribution in [1.29, 1.82) is 0 Å². The van der Waals surface area contributed by atoms with Gasteiger partial charge in [-0.05, 0) is 51.4 Å². The maximum atomic E-state index is 12.4. The third-order valence-corrected chi connectivity index (χ3v) is 8.54. The van der Waals surface area contributed by atoms with E-state index in [4.69, 9.17) is 24.3 Å². The number of carbonyl (C=O) groups is 1. The first-order chi connectivity index (χ1) is 22.4. The molecule has 0 saturated heterocycles. The summed E-state index contributed by atoms with van der Waals surface area (Å²) in [6.45, 7) is 4.81. The summed E-state index contributed by atoms with van der Waals surface area (Å²) in [4.78, 5) is 22.2. The highest BCUT2D eigenvalue weighted by atomic mass is 31.2. The summed E-state index contributed by atoms with van der Waals surface area (Å²) in [7, 11) is -4.26. The van der Waals surface area contributed by atoms with Crippen LogP contribution in [-0.4, -0.2) is 49.9 Å². The molecule has 9 heteroatoms. The molecule has 8 nitrogen and oxygen atoms in total. The molecule has 0 aromatic heterocycles. The summed E-state index contributed by atoms with van der Waals surface area (Å²) >= 11 is 0. The maximum Gasteiger partial charge on any atom is 0.472 e. The molecule has 0 fully saturated rings. The van der Waals surface area contributed by atoms with Gasteiger partial charge in [0.1, 0.15) is 6.10 Å². The SMILES string of the molecule is CCCCC/C=C\C/C=C\C/C=C\CCCCCCCCCOCC(COP(=O)(O)OCCN)OC(=O)CCCCCCCCC. The molecular formula is C37H70NO7P. The van der Waals surface area contributed by atoms with Gasteiger partial charge in [0.15, 0.2) is 0 Å². The molecule has 0 rings (SSSR count). The molecule has 0 spiro atoms. The van der Waals surface area contributed by atoms with E-state index in [9.17, 15) is 14.3 Å². The number of allylic oxidation sites excluding steroid dienone is 6. The van der Waals surface area contributed by atoms with Crippen LogP contribution in [0.15, 0.2) is 36.5 Å². The average Bonchev–Trinajstić information content (AvgIpc) is 3.04. The highest BCUT2D eigenvalue weighted by Crippen LogP contribution is 2.43. The molecule has 2 atom stereocenters. The lowest BCUT2D eigenvalue weighted by molar-refractivity contribution is -0.154. The van der Waals surface area contributed by atoms with Gasteiger partial charge in [0.25, 0.3) is 0 Å². The molecule has 270 valence electrons. The molecular weight excluding hydrogens is 601 g/mol. The van der Waals surface area contributed by atoms with E-state index in [0.717, 1.165) is 51.4 Å².